The molecule has 0 aliphatic heterocycles. The molecule has 0 radical (unpaired) electrons. The molecule has 0 aromatic heterocycles. The molecule has 2 rings (SSSR count). The number of benzene rings is 2. The summed E-state index contributed by atoms with van der Waals surface area (Å²) in [5.74, 6) is 0.556. The van der Waals surface area contributed by atoms with Crippen LogP contribution in [0.3, 0.4) is 0 Å². The molecule has 0 unspecified atom stereocenters. The molecule has 19 heavy (non-hydrogen) atoms. The monoisotopic (exact) mass is 251 g/mol. The molecule has 0 aliphatic carbocycles. The maximum absolute atomic E-state index is 11.8. The number of rotatable bonds is 5. The van der Waals surface area contributed by atoms with Crippen LogP contribution in [0.25, 0.3) is 0 Å². The Balaban J connectivity index is 1.91. The lowest BCUT2D eigenvalue weighted by atomic mass is 10.1. The van der Waals surface area contributed by atoms with Crippen LogP contribution < -0.4 is 4.74 Å². The van der Waals surface area contributed by atoms with E-state index >= 15 is 0 Å². The summed E-state index contributed by atoms with van der Waals surface area (Å²) in [4.78, 5) is 11.8. The standard InChI is InChI=1S/C16H13NO2/c17-12-14-8-4-5-9-16(14)19-11-10-15(18)13-6-2-1-3-7-13/h1-9H,10-11H2. The van der Waals surface area contributed by atoms with Crippen LogP contribution in [0.5, 0.6) is 5.75 Å². The van der Waals surface area contributed by atoms with E-state index in [4.69, 9.17) is 10.00 Å². The summed E-state index contributed by atoms with van der Waals surface area (Å²) in [7, 11) is 0. The molecule has 0 spiro atoms. The smallest absolute Gasteiger partial charge is 0.166 e. The highest BCUT2D eigenvalue weighted by Crippen LogP contribution is 2.16. The van der Waals surface area contributed by atoms with Gasteiger partial charge in [-0.05, 0) is 12.1 Å². The Morgan fingerprint density at radius 2 is 1.74 bits per heavy atom. The van der Waals surface area contributed by atoms with Crippen LogP contribution >= 0.6 is 0 Å². The largest absolute Gasteiger partial charge is 0.492 e. The van der Waals surface area contributed by atoms with Crippen LogP contribution in [0, 0.1) is 11.3 Å². The highest BCUT2D eigenvalue weighted by atomic mass is 16.5. The molecular formula is C16H13NO2. The van der Waals surface area contributed by atoms with E-state index in [1.807, 2.05) is 18.2 Å². The number of Topliss-reactive ketones (excluding diaryl/α,β-unsaturated/α-hetero) is 1. The number of para-hydroxylation sites is 1. The van der Waals surface area contributed by atoms with Crippen LogP contribution in [0.1, 0.15) is 22.3 Å². The number of ketones is 1. The highest BCUT2D eigenvalue weighted by molar-refractivity contribution is 5.96. The predicted molar refractivity (Wildman–Crippen MR) is 72.0 cm³/mol. The van der Waals surface area contributed by atoms with E-state index in [0.29, 0.717) is 23.3 Å². The van der Waals surface area contributed by atoms with Crippen molar-refractivity contribution in [2.45, 2.75) is 6.42 Å². The number of carbonyl (C=O) groups excluding carboxylic acids is 1. The van der Waals surface area contributed by atoms with E-state index < -0.39 is 0 Å². The molecule has 0 saturated heterocycles. The SMILES string of the molecule is N#Cc1ccccc1OCCC(=O)c1ccccc1. The van der Waals surface area contributed by atoms with Gasteiger partial charge in [0.2, 0.25) is 0 Å². The van der Waals surface area contributed by atoms with E-state index in [1.54, 1.807) is 36.4 Å². The summed E-state index contributed by atoms with van der Waals surface area (Å²) in [6.45, 7) is 0.270. The van der Waals surface area contributed by atoms with Crippen molar-refractivity contribution in [3.05, 3.63) is 65.7 Å². The van der Waals surface area contributed by atoms with Gasteiger partial charge in [-0.25, -0.2) is 0 Å². The van der Waals surface area contributed by atoms with Gasteiger partial charge in [-0.2, -0.15) is 5.26 Å². The fourth-order valence-corrected chi connectivity index (χ4v) is 1.71. The zero-order valence-electron chi connectivity index (χ0n) is 10.4. The summed E-state index contributed by atoms with van der Waals surface area (Å²) in [5.41, 5.74) is 1.16. The normalized spacial score (nSPS) is 9.63. The summed E-state index contributed by atoms with van der Waals surface area (Å²) in [6.07, 6.45) is 0.295. The number of nitrogens with zero attached hydrogens (tertiary/aromatic N) is 1. The second-order valence-corrected chi connectivity index (χ2v) is 4.00. The Kier molecular flexibility index (Phi) is 4.30. The fourth-order valence-electron chi connectivity index (χ4n) is 1.71. The van der Waals surface area contributed by atoms with Crippen LogP contribution in [0.15, 0.2) is 54.6 Å². The Morgan fingerprint density at radius 3 is 2.47 bits per heavy atom. The van der Waals surface area contributed by atoms with E-state index in [0.717, 1.165) is 0 Å². The quantitative estimate of drug-likeness (QED) is 0.767. The van der Waals surface area contributed by atoms with E-state index in [2.05, 4.69) is 6.07 Å². The zero-order valence-corrected chi connectivity index (χ0v) is 10.4. The third-order valence-electron chi connectivity index (χ3n) is 2.69. The first-order valence-electron chi connectivity index (χ1n) is 6.01. The lowest BCUT2D eigenvalue weighted by molar-refractivity contribution is 0.0962. The van der Waals surface area contributed by atoms with Crippen molar-refractivity contribution in [3.8, 4) is 11.8 Å². The Morgan fingerprint density at radius 1 is 1.05 bits per heavy atom. The molecule has 2 aromatic carbocycles. The number of carbonyl (C=O) groups is 1. The van der Waals surface area contributed by atoms with Crippen molar-refractivity contribution in [2.75, 3.05) is 6.61 Å². The van der Waals surface area contributed by atoms with Gasteiger partial charge >= 0.3 is 0 Å². The number of nitriles is 1. The summed E-state index contributed by atoms with van der Waals surface area (Å²) in [6, 6.07) is 18.2. The molecule has 0 saturated carbocycles. The molecule has 2 aromatic rings. The van der Waals surface area contributed by atoms with Gasteiger partial charge in [-0.15, -0.1) is 0 Å². The number of ether oxygens (including phenoxy) is 1. The van der Waals surface area contributed by atoms with Gasteiger partial charge in [0.25, 0.3) is 0 Å². The first-order chi connectivity index (χ1) is 9.31. The summed E-state index contributed by atoms with van der Waals surface area (Å²) in [5, 5.41) is 8.91. The fraction of sp³-hybridized carbons (Fsp3) is 0.125. The summed E-state index contributed by atoms with van der Waals surface area (Å²) >= 11 is 0. The van der Waals surface area contributed by atoms with Crippen molar-refractivity contribution in [3.63, 3.8) is 0 Å². The van der Waals surface area contributed by atoms with Crippen molar-refractivity contribution in [2.24, 2.45) is 0 Å². The van der Waals surface area contributed by atoms with Crippen molar-refractivity contribution >= 4 is 5.78 Å². The van der Waals surface area contributed by atoms with E-state index in [9.17, 15) is 4.79 Å². The van der Waals surface area contributed by atoms with Gasteiger partial charge in [0.05, 0.1) is 12.2 Å². The molecule has 0 aliphatic rings. The second kappa shape index (κ2) is 6.36. The van der Waals surface area contributed by atoms with Crippen LogP contribution in [-0.2, 0) is 0 Å². The third kappa shape index (κ3) is 3.43. The first kappa shape index (κ1) is 12.8. The van der Waals surface area contributed by atoms with Gasteiger partial charge in [0.1, 0.15) is 11.8 Å². The van der Waals surface area contributed by atoms with Crippen LogP contribution in [0.4, 0.5) is 0 Å². The van der Waals surface area contributed by atoms with Gasteiger partial charge < -0.3 is 4.74 Å². The Labute approximate surface area is 112 Å². The van der Waals surface area contributed by atoms with Crippen molar-refractivity contribution in [1.29, 1.82) is 5.26 Å². The van der Waals surface area contributed by atoms with Gasteiger partial charge in [0.15, 0.2) is 5.78 Å². The molecule has 3 heteroatoms. The maximum Gasteiger partial charge on any atom is 0.166 e. The second-order valence-electron chi connectivity index (χ2n) is 4.00. The minimum absolute atomic E-state index is 0.0371. The average molecular weight is 251 g/mol. The van der Waals surface area contributed by atoms with Gasteiger partial charge in [0, 0.05) is 12.0 Å². The van der Waals surface area contributed by atoms with E-state index in [1.165, 1.54) is 0 Å². The molecule has 0 atom stereocenters. The molecule has 0 heterocycles. The van der Waals surface area contributed by atoms with Gasteiger partial charge in [-0.3, -0.25) is 4.79 Å². The van der Waals surface area contributed by atoms with Crippen molar-refractivity contribution < 1.29 is 9.53 Å². The average Bonchev–Trinajstić information content (AvgIpc) is 2.48. The number of hydrogen-bond donors (Lipinski definition) is 0. The summed E-state index contributed by atoms with van der Waals surface area (Å²) < 4.78 is 5.48. The first-order valence-corrected chi connectivity index (χ1v) is 6.01. The molecule has 0 fully saturated rings. The van der Waals surface area contributed by atoms with Gasteiger partial charge in [-0.1, -0.05) is 42.5 Å². The minimum atomic E-state index is 0.0371. The molecule has 3 nitrogen and oxygen atoms in total. The molecule has 94 valence electrons. The minimum Gasteiger partial charge on any atom is -0.492 e. The van der Waals surface area contributed by atoms with Crippen molar-refractivity contribution in [1.82, 2.24) is 0 Å². The Bertz CT molecular complexity index is 600. The highest BCUT2D eigenvalue weighted by Gasteiger charge is 2.06. The molecule has 0 bridgehead atoms. The zero-order chi connectivity index (χ0) is 13.5. The Hall–Kier alpha value is -2.60. The maximum atomic E-state index is 11.8. The third-order valence-corrected chi connectivity index (χ3v) is 2.69. The van der Waals surface area contributed by atoms with E-state index in [-0.39, 0.29) is 12.4 Å². The molecular weight excluding hydrogens is 238 g/mol. The van der Waals surface area contributed by atoms with Crippen LogP contribution in [-0.4, -0.2) is 12.4 Å². The topological polar surface area (TPSA) is 50.1 Å². The lowest BCUT2D eigenvalue weighted by Crippen LogP contribution is -2.07. The predicted octanol–water partition coefficient (Wildman–Crippen LogP) is 3.21. The lowest BCUT2D eigenvalue weighted by Gasteiger charge is -2.07. The van der Waals surface area contributed by atoms with Crippen LogP contribution in [0.2, 0.25) is 0 Å². The number of hydrogen-bond acceptors (Lipinski definition) is 3. The molecule has 0 amide bonds. The molecule has 0 N–H and O–H groups in total.